The average Bonchev–Trinajstić information content (AvgIpc) is 3.15. The van der Waals surface area contributed by atoms with E-state index in [1.54, 1.807) is 37.3 Å². The quantitative estimate of drug-likeness (QED) is 0.382. The number of hydrogen-bond acceptors (Lipinski definition) is 10. The third kappa shape index (κ3) is 6.38. The van der Waals surface area contributed by atoms with Crippen LogP contribution in [-0.2, 0) is 18.8 Å². The van der Waals surface area contributed by atoms with Crippen molar-refractivity contribution in [3.05, 3.63) is 30.3 Å². The molecule has 3 rings (SSSR count). The highest BCUT2D eigenvalue weighted by Gasteiger charge is 2.43. The largest absolute Gasteiger partial charge is 0.463 e. The molecule has 1 aromatic carbocycles. The lowest BCUT2D eigenvalue weighted by Gasteiger charge is -2.23. The third-order valence-electron chi connectivity index (χ3n) is 4.13. The van der Waals surface area contributed by atoms with Crippen molar-refractivity contribution in [2.75, 3.05) is 30.4 Å². The number of ether oxygens (including phenoxy) is 2. The second-order valence-corrected chi connectivity index (χ2v) is 8.60. The Kier molecular flexibility index (Phi) is 7.89. The molecule has 0 bridgehead atoms. The first-order chi connectivity index (χ1) is 13.7. The number of aromatic nitrogens is 3. The predicted octanol–water partition coefficient (Wildman–Crippen LogP) is 0.311. The van der Waals surface area contributed by atoms with Gasteiger partial charge in [0.15, 0.2) is 0 Å². The molecule has 1 aliphatic rings. The van der Waals surface area contributed by atoms with Crippen LogP contribution in [0.2, 0.25) is 0 Å². The smallest absolute Gasteiger partial charge is 0.305 e. The number of nitrogens with two attached hydrogens (primary N) is 3. The molecule has 0 saturated carbocycles. The maximum Gasteiger partial charge on any atom is 0.305 e. The minimum absolute atomic E-state index is 0.0364. The molecule has 12 heteroatoms. The number of rotatable bonds is 5. The molecular weight excluding hydrogens is 399 g/mol. The Balaban J connectivity index is 0.000000278. The van der Waals surface area contributed by atoms with Gasteiger partial charge in [-0.3, -0.25) is 9.36 Å². The zero-order valence-electron chi connectivity index (χ0n) is 16.0. The van der Waals surface area contributed by atoms with Crippen molar-refractivity contribution in [1.82, 2.24) is 15.0 Å². The Hall–Kier alpha value is -2.75. The van der Waals surface area contributed by atoms with Crippen LogP contribution in [0.15, 0.2) is 30.3 Å². The van der Waals surface area contributed by atoms with Crippen molar-refractivity contribution in [2.24, 2.45) is 0 Å². The molecule has 7 N–H and O–H groups in total. The summed E-state index contributed by atoms with van der Waals surface area (Å²) in [6.45, 7) is 2.15. The molecule has 0 radical (unpaired) electrons. The van der Waals surface area contributed by atoms with E-state index in [0.29, 0.717) is 18.3 Å². The highest BCUT2D eigenvalue weighted by atomic mass is 31.2. The maximum absolute atomic E-state index is 12.7. The predicted molar refractivity (Wildman–Crippen MR) is 108 cm³/mol. The van der Waals surface area contributed by atoms with Gasteiger partial charge in [0.05, 0.1) is 5.66 Å². The van der Waals surface area contributed by atoms with Crippen LogP contribution in [0.1, 0.15) is 19.8 Å². The molecule has 2 aromatic rings. The van der Waals surface area contributed by atoms with Gasteiger partial charge in [0.25, 0.3) is 0 Å². The zero-order chi connectivity index (χ0) is 21.4. The van der Waals surface area contributed by atoms with E-state index < -0.39 is 19.1 Å². The van der Waals surface area contributed by atoms with Crippen LogP contribution in [0.25, 0.3) is 0 Å². The fourth-order valence-corrected chi connectivity index (χ4v) is 4.79. The second kappa shape index (κ2) is 10.1. The van der Waals surface area contributed by atoms with Crippen molar-refractivity contribution in [3.63, 3.8) is 0 Å². The number of nitrogens with zero attached hydrogens (tertiary/aromatic N) is 3. The number of nitrogen functional groups attached to an aromatic ring is 3. The van der Waals surface area contributed by atoms with Crippen molar-refractivity contribution in [3.8, 4) is 0 Å². The second-order valence-electron chi connectivity index (χ2n) is 6.17. The molecule has 3 atom stereocenters. The summed E-state index contributed by atoms with van der Waals surface area (Å²) in [6, 6.07) is 8.57. The summed E-state index contributed by atoms with van der Waals surface area (Å²) in [5.41, 5.74) is 14.9. The number of carbonyl (C=O) groups is 1. The van der Waals surface area contributed by atoms with E-state index in [-0.39, 0.29) is 36.8 Å². The Labute approximate surface area is 168 Å². The summed E-state index contributed by atoms with van der Waals surface area (Å²) in [4.78, 5) is 32.1. The van der Waals surface area contributed by atoms with Crippen LogP contribution in [0.4, 0.5) is 17.8 Å². The lowest BCUT2D eigenvalue weighted by Crippen LogP contribution is -2.31. The highest BCUT2D eigenvalue weighted by molar-refractivity contribution is 7.66. The van der Waals surface area contributed by atoms with Gasteiger partial charge in [0.1, 0.15) is 12.7 Å². The van der Waals surface area contributed by atoms with E-state index in [2.05, 4.69) is 15.0 Å². The van der Waals surface area contributed by atoms with Gasteiger partial charge in [-0.1, -0.05) is 25.1 Å². The van der Waals surface area contributed by atoms with Gasteiger partial charge in [-0.05, 0) is 18.6 Å². The van der Waals surface area contributed by atoms with E-state index in [1.165, 1.54) is 0 Å². The van der Waals surface area contributed by atoms with E-state index in [4.69, 9.17) is 26.7 Å². The van der Waals surface area contributed by atoms with Crippen LogP contribution in [0.5, 0.6) is 0 Å². The molecule has 2 heterocycles. The summed E-state index contributed by atoms with van der Waals surface area (Å²) < 4.78 is 23.2. The molecule has 1 saturated heterocycles. The molecule has 1 fully saturated rings. The zero-order valence-corrected chi connectivity index (χ0v) is 16.9. The van der Waals surface area contributed by atoms with Crippen molar-refractivity contribution < 1.29 is 23.7 Å². The highest BCUT2D eigenvalue weighted by Crippen LogP contribution is 2.50. The van der Waals surface area contributed by atoms with Crippen LogP contribution < -0.4 is 22.5 Å². The van der Waals surface area contributed by atoms with E-state index in [9.17, 15) is 14.3 Å². The van der Waals surface area contributed by atoms with Gasteiger partial charge in [0, 0.05) is 18.3 Å². The topological polar surface area (TPSA) is 190 Å². The number of anilines is 3. The lowest BCUT2D eigenvalue weighted by molar-refractivity contribution is -0.146. The van der Waals surface area contributed by atoms with Gasteiger partial charge in [-0.25, -0.2) is 0 Å². The first-order valence-corrected chi connectivity index (χ1v) is 10.6. The first-order valence-electron chi connectivity index (χ1n) is 8.91. The molecule has 0 amide bonds. The molecule has 29 heavy (non-hydrogen) atoms. The summed E-state index contributed by atoms with van der Waals surface area (Å²) in [6.07, 6.45) is 0.269. The van der Waals surface area contributed by atoms with Gasteiger partial charge >= 0.3 is 5.97 Å². The third-order valence-corrected chi connectivity index (χ3v) is 6.66. The Bertz CT molecular complexity index is 818. The molecule has 1 aromatic heterocycles. The van der Waals surface area contributed by atoms with Crippen LogP contribution >= 0.6 is 7.37 Å². The van der Waals surface area contributed by atoms with Crippen molar-refractivity contribution in [1.29, 1.82) is 0 Å². The van der Waals surface area contributed by atoms with E-state index >= 15 is 0 Å². The van der Waals surface area contributed by atoms with Gasteiger partial charge in [0.2, 0.25) is 25.2 Å². The summed E-state index contributed by atoms with van der Waals surface area (Å²) in [5.74, 6) is -0.202. The molecule has 0 aliphatic carbocycles. The van der Waals surface area contributed by atoms with Gasteiger partial charge in [-0.2, -0.15) is 15.0 Å². The van der Waals surface area contributed by atoms with Gasteiger partial charge in [-0.15, -0.1) is 0 Å². The van der Waals surface area contributed by atoms with Crippen molar-refractivity contribution >= 4 is 36.5 Å². The summed E-state index contributed by atoms with van der Waals surface area (Å²) >= 11 is 0. The average molecular weight is 424 g/mol. The lowest BCUT2D eigenvalue weighted by atomic mass is 10.2. The SMILES string of the molecule is CCC(=O)OCC1OCCC1P(=O)(O)c1ccccc1.Nc1nc(N)nc(N)n1. The van der Waals surface area contributed by atoms with Crippen LogP contribution in [-0.4, -0.2) is 50.8 Å². The Morgan fingerprint density at radius 1 is 1.17 bits per heavy atom. The number of esters is 1. The molecule has 3 unspecified atom stereocenters. The standard InChI is InChI=1S/C14H19O5P.C3H6N6/c1-2-14(15)19-10-12-13(8-9-18-12)20(16,17)11-6-4-3-5-7-11;4-1-7-2(5)9-3(6)8-1/h3-7,12-13H,2,8-10H2,1H3,(H,16,17);(H6,4,5,6,7,8,9). The van der Waals surface area contributed by atoms with Crippen LogP contribution in [0, 0.1) is 0 Å². The summed E-state index contributed by atoms with van der Waals surface area (Å²) in [5, 5.41) is 0.419. The van der Waals surface area contributed by atoms with Gasteiger partial charge < -0.3 is 31.6 Å². The number of carbonyl (C=O) groups excluding carboxylic acids is 1. The number of benzene rings is 1. The molecule has 0 spiro atoms. The minimum Gasteiger partial charge on any atom is -0.463 e. The fraction of sp³-hybridized carbons (Fsp3) is 0.412. The molecular formula is C17H25N6O5P. The fourth-order valence-electron chi connectivity index (χ4n) is 2.73. The summed E-state index contributed by atoms with van der Waals surface area (Å²) in [7, 11) is -3.53. The van der Waals surface area contributed by atoms with Crippen LogP contribution in [0.3, 0.4) is 0 Å². The molecule has 1 aliphatic heterocycles. The molecule has 11 nitrogen and oxygen atoms in total. The number of hydrogen-bond donors (Lipinski definition) is 4. The first kappa shape index (κ1) is 22.5. The molecule has 158 valence electrons. The monoisotopic (exact) mass is 424 g/mol. The Morgan fingerprint density at radius 3 is 2.24 bits per heavy atom. The van der Waals surface area contributed by atoms with E-state index in [0.717, 1.165) is 0 Å². The van der Waals surface area contributed by atoms with E-state index in [1.807, 2.05) is 0 Å². The van der Waals surface area contributed by atoms with Crippen molar-refractivity contribution in [2.45, 2.75) is 31.5 Å². The maximum atomic E-state index is 12.7. The Morgan fingerprint density at radius 2 is 1.72 bits per heavy atom. The minimum atomic E-state index is -3.53. The normalized spacial score (nSPS) is 20.2.